The van der Waals surface area contributed by atoms with Crippen LogP contribution in [0.4, 0.5) is 0 Å². The van der Waals surface area contributed by atoms with Crippen molar-refractivity contribution in [2.75, 3.05) is 21.0 Å². The van der Waals surface area contributed by atoms with E-state index in [1.165, 1.54) is 16.7 Å². The van der Waals surface area contributed by atoms with Crippen LogP contribution < -0.4 is 20.1 Å². The van der Waals surface area contributed by atoms with E-state index in [1.54, 1.807) is 14.2 Å². The Hall–Kier alpha value is -2.84. The van der Waals surface area contributed by atoms with Crippen molar-refractivity contribution < 1.29 is 23.7 Å². The zero-order valence-corrected chi connectivity index (χ0v) is 22.6. The predicted molar refractivity (Wildman–Crippen MR) is 142 cm³/mol. The minimum Gasteiger partial charge on any atom is -0.493 e. The van der Waals surface area contributed by atoms with Crippen molar-refractivity contribution in [3.05, 3.63) is 58.7 Å². The number of carbonyl (C=O) groups is 1. The number of carbonyl (C=O) groups excluding carboxylic acids is 1. The lowest BCUT2D eigenvalue weighted by atomic mass is 9.97. The van der Waals surface area contributed by atoms with Crippen molar-refractivity contribution in [2.45, 2.75) is 60.2 Å². The Bertz CT molecular complexity index is 1000. The Morgan fingerprint density at radius 1 is 1.00 bits per heavy atom. The molecule has 0 bridgehead atoms. The summed E-state index contributed by atoms with van der Waals surface area (Å²) in [6, 6.07) is 12.0. The zero-order chi connectivity index (χ0) is 26.0. The van der Waals surface area contributed by atoms with E-state index in [9.17, 15) is 4.79 Å². The third-order valence-electron chi connectivity index (χ3n) is 5.43. The highest BCUT2D eigenvalue weighted by Crippen LogP contribution is 2.28. The summed E-state index contributed by atoms with van der Waals surface area (Å²) in [5.74, 6) is 0.916. The molecule has 35 heavy (non-hydrogen) atoms. The van der Waals surface area contributed by atoms with Gasteiger partial charge in [-0.15, -0.1) is 0 Å². The molecule has 0 amide bonds. The van der Waals surface area contributed by atoms with Crippen LogP contribution in [-0.2, 0) is 27.2 Å². The van der Waals surface area contributed by atoms with Crippen LogP contribution in [0.25, 0.3) is 0 Å². The standard InChI is InChI=1S/C27H38N2O5S/c1-18-8-9-20(14-19(18)2)11-13-24(34-25(30)27(3,4)5)29-26(35)28-16-21-10-12-22(33-17-31-6)23(15-21)32-7/h8-10,12,14-15,24H,11,13,16-17H2,1-7H3,(H2,28,29,35). The van der Waals surface area contributed by atoms with E-state index in [2.05, 4.69) is 42.7 Å². The first-order chi connectivity index (χ1) is 16.5. The van der Waals surface area contributed by atoms with Crippen molar-refractivity contribution in [3.63, 3.8) is 0 Å². The number of nitrogens with one attached hydrogen (secondary N) is 2. The molecule has 0 radical (unpaired) electrons. The average molecular weight is 503 g/mol. The molecule has 2 N–H and O–H groups in total. The Balaban J connectivity index is 2.01. The van der Waals surface area contributed by atoms with Crippen LogP contribution in [0.5, 0.6) is 11.5 Å². The second-order valence-corrected chi connectivity index (χ2v) is 9.87. The number of methoxy groups -OCH3 is 2. The largest absolute Gasteiger partial charge is 0.493 e. The van der Waals surface area contributed by atoms with Crippen molar-refractivity contribution in [1.29, 1.82) is 0 Å². The summed E-state index contributed by atoms with van der Waals surface area (Å²) in [5.41, 5.74) is 4.02. The molecule has 2 aromatic rings. The summed E-state index contributed by atoms with van der Waals surface area (Å²) in [7, 11) is 3.15. The highest BCUT2D eigenvalue weighted by molar-refractivity contribution is 7.80. The molecule has 0 fully saturated rings. The van der Waals surface area contributed by atoms with Gasteiger partial charge in [-0.1, -0.05) is 24.3 Å². The van der Waals surface area contributed by atoms with Crippen molar-refractivity contribution in [2.24, 2.45) is 5.41 Å². The van der Waals surface area contributed by atoms with Crippen molar-refractivity contribution in [3.8, 4) is 11.5 Å². The lowest BCUT2D eigenvalue weighted by Gasteiger charge is -2.25. The zero-order valence-electron chi connectivity index (χ0n) is 21.8. The molecule has 2 aromatic carbocycles. The number of esters is 1. The first kappa shape index (κ1) is 28.4. The monoisotopic (exact) mass is 502 g/mol. The summed E-state index contributed by atoms with van der Waals surface area (Å²) in [4.78, 5) is 12.6. The Kier molecular flexibility index (Phi) is 10.8. The molecule has 0 heterocycles. The highest BCUT2D eigenvalue weighted by Gasteiger charge is 2.26. The molecule has 0 aliphatic carbocycles. The predicted octanol–water partition coefficient (Wildman–Crippen LogP) is 4.81. The van der Waals surface area contributed by atoms with E-state index < -0.39 is 11.6 Å². The van der Waals surface area contributed by atoms with Gasteiger partial charge in [-0.05, 0) is 87.6 Å². The number of aryl methyl sites for hydroxylation is 3. The molecule has 0 saturated carbocycles. The summed E-state index contributed by atoms with van der Waals surface area (Å²) < 4.78 is 21.6. The average Bonchev–Trinajstić information content (AvgIpc) is 2.81. The van der Waals surface area contributed by atoms with Gasteiger partial charge in [0.1, 0.15) is 0 Å². The van der Waals surface area contributed by atoms with Gasteiger partial charge in [0, 0.05) is 20.1 Å². The fourth-order valence-electron chi connectivity index (χ4n) is 3.17. The van der Waals surface area contributed by atoms with Gasteiger partial charge in [0.2, 0.25) is 0 Å². The van der Waals surface area contributed by atoms with Crippen LogP contribution in [0, 0.1) is 19.3 Å². The van der Waals surface area contributed by atoms with E-state index >= 15 is 0 Å². The number of benzene rings is 2. The minimum atomic E-state index is -0.612. The van der Waals surface area contributed by atoms with Crippen LogP contribution >= 0.6 is 12.2 Å². The van der Waals surface area contributed by atoms with Gasteiger partial charge in [-0.25, -0.2) is 0 Å². The smallest absolute Gasteiger partial charge is 0.313 e. The third kappa shape index (κ3) is 9.38. The molecule has 0 saturated heterocycles. The van der Waals surface area contributed by atoms with Crippen LogP contribution in [0.15, 0.2) is 36.4 Å². The van der Waals surface area contributed by atoms with E-state index in [0.717, 1.165) is 12.0 Å². The molecule has 8 heteroatoms. The fraction of sp³-hybridized carbons (Fsp3) is 0.481. The second kappa shape index (κ2) is 13.3. The van der Waals surface area contributed by atoms with Gasteiger partial charge in [-0.2, -0.15) is 0 Å². The molecule has 0 aliphatic heterocycles. The number of thiocarbonyl (C=S) groups is 1. The number of ether oxygens (including phenoxy) is 4. The summed E-state index contributed by atoms with van der Waals surface area (Å²) in [6.07, 6.45) is 0.785. The molecule has 1 unspecified atom stereocenters. The van der Waals surface area contributed by atoms with Gasteiger partial charge < -0.3 is 29.6 Å². The maximum absolute atomic E-state index is 12.6. The normalized spacial score (nSPS) is 12.0. The summed E-state index contributed by atoms with van der Waals surface area (Å²) in [5, 5.41) is 6.74. The fourth-order valence-corrected chi connectivity index (χ4v) is 3.37. The quantitative estimate of drug-likeness (QED) is 0.258. The number of hydrogen-bond acceptors (Lipinski definition) is 6. The lowest BCUT2D eigenvalue weighted by Crippen LogP contribution is -2.45. The van der Waals surface area contributed by atoms with Gasteiger partial charge >= 0.3 is 5.97 Å². The molecular formula is C27H38N2O5S. The van der Waals surface area contributed by atoms with Crippen LogP contribution in [-0.4, -0.2) is 38.3 Å². The Morgan fingerprint density at radius 2 is 1.71 bits per heavy atom. The van der Waals surface area contributed by atoms with Crippen LogP contribution in [0.3, 0.4) is 0 Å². The van der Waals surface area contributed by atoms with Gasteiger partial charge in [0.05, 0.1) is 12.5 Å². The first-order valence-corrected chi connectivity index (χ1v) is 12.0. The molecule has 0 aromatic heterocycles. The van der Waals surface area contributed by atoms with E-state index in [-0.39, 0.29) is 12.8 Å². The maximum Gasteiger partial charge on any atom is 0.313 e. The highest BCUT2D eigenvalue weighted by atomic mass is 32.1. The molecular weight excluding hydrogens is 464 g/mol. The molecule has 7 nitrogen and oxygen atoms in total. The van der Waals surface area contributed by atoms with Gasteiger partial charge in [0.15, 0.2) is 29.6 Å². The topological polar surface area (TPSA) is 78.0 Å². The molecule has 0 aliphatic rings. The van der Waals surface area contributed by atoms with Crippen molar-refractivity contribution in [1.82, 2.24) is 10.6 Å². The van der Waals surface area contributed by atoms with E-state index in [0.29, 0.717) is 29.6 Å². The summed E-state index contributed by atoms with van der Waals surface area (Å²) in [6.45, 7) is 10.3. The lowest BCUT2D eigenvalue weighted by molar-refractivity contribution is -0.159. The van der Waals surface area contributed by atoms with Crippen LogP contribution in [0.2, 0.25) is 0 Å². The number of rotatable bonds is 11. The van der Waals surface area contributed by atoms with Gasteiger partial charge in [-0.3, -0.25) is 4.79 Å². The number of hydrogen-bond donors (Lipinski definition) is 2. The SMILES string of the molecule is COCOc1ccc(CNC(=S)NC(CCc2ccc(C)c(C)c2)OC(=O)C(C)(C)C)cc1OC. The first-order valence-electron chi connectivity index (χ1n) is 11.6. The second-order valence-electron chi connectivity index (χ2n) is 9.46. The van der Waals surface area contributed by atoms with E-state index in [4.69, 9.17) is 31.2 Å². The molecule has 2 rings (SSSR count). The summed E-state index contributed by atoms with van der Waals surface area (Å²) >= 11 is 5.50. The maximum atomic E-state index is 12.6. The molecule has 0 spiro atoms. The van der Waals surface area contributed by atoms with E-state index in [1.807, 2.05) is 39.0 Å². The Morgan fingerprint density at radius 3 is 2.34 bits per heavy atom. The molecule has 192 valence electrons. The van der Waals surface area contributed by atoms with Crippen LogP contribution in [0.1, 0.15) is 49.4 Å². The van der Waals surface area contributed by atoms with Crippen molar-refractivity contribution >= 4 is 23.3 Å². The molecule has 1 atom stereocenters. The van der Waals surface area contributed by atoms with Gasteiger partial charge in [0.25, 0.3) is 0 Å². The minimum absolute atomic E-state index is 0.138. The third-order valence-corrected chi connectivity index (χ3v) is 5.70. The Labute approximate surface area is 214 Å².